The van der Waals surface area contributed by atoms with E-state index in [9.17, 15) is 38.4 Å². The van der Waals surface area contributed by atoms with Gasteiger partial charge in [-0.05, 0) is 57.4 Å². The molecule has 1 aliphatic rings. The highest BCUT2D eigenvalue weighted by atomic mass is 16.6. The molecule has 1 saturated carbocycles. The van der Waals surface area contributed by atoms with E-state index >= 15 is 0 Å². The molecule has 0 spiro atoms. The maximum absolute atomic E-state index is 14.2. The first-order chi connectivity index (χ1) is 25.4. The van der Waals surface area contributed by atoms with E-state index in [0.717, 1.165) is 24.2 Å². The van der Waals surface area contributed by atoms with Crippen molar-refractivity contribution in [3.8, 4) is 0 Å². The number of alkyl carbamates (subject to hydrolysis) is 1. The summed E-state index contributed by atoms with van der Waals surface area (Å²) in [6.07, 6.45) is 3.39. The Morgan fingerprint density at radius 3 is 2.13 bits per heavy atom. The Balaban J connectivity index is 2.20. The molecule has 0 aromatic heterocycles. The molecule has 1 aromatic rings. The molecule has 2 rings (SSSR count). The van der Waals surface area contributed by atoms with Gasteiger partial charge in [0.1, 0.15) is 17.7 Å². The van der Waals surface area contributed by atoms with Crippen LogP contribution in [0.3, 0.4) is 0 Å². The number of ketones is 1. The molecule has 1 aromatic carbocycles. The normalized spacial score (nSPS) is 14.8. The monoisotopic (exact) mass is 758 g/mol. The van der Waals surface area contributed by atoms with E-state index in [1.807, 2.05) is 13.8 Å². The zero-order valence-electron chi connectivity index (χ0n) is 32.4. The molecule has 0 radical (unpaired) electrons. The summed E-state index contributed by atoms with van der Waals surface area (Å²) in [5, 5.41) is 9.86. The Bertz CT molecular complexity index is 1460. The number of hydrogen-bond acceptors (Lipinski definition) is 10. The number of nitrogens with one attached hydrogen (secondary N) is 4. The Hall–Kier alpha value is -5.02. The van der Waals surface area contributed by atoms with Crippen molar-refractivity contribution in [3.63, 3.8) is 0 Å². The van der Waals surface area contributed by atoms with Crippen LogP contribution < -0.4 is 27.0 Å². The predicted octanol–water partition coefficient (Wildman–Crippen LogP) is 2.19. The molecule has 6 amide bonds. The first kappa shape index (κ1) is 45.1. The molecule has 16 heteroatoms. The molecule has 1 aliphatic carbocycles. The van der Waals surface area contributed by atoms with Crippen molar-refractivity contribution < 1.29 is 47.8 Å². The molecule has 6 N–H and O–H groups in total. The number of carbonyl (C=O) groups excluding carboxylic acids is 8. The summed E-state index contributed by atoms with van der Waals surface area (Å²) in [6.45, 7) is 9.22. The highest BCUT2D eigenvalue weighted by Gasteiger charge is 2.36. The number of nitrogens with two attached hydrogens (primary N) is 1. The van der Waals surface area contributed by atoms with Crippen molar-refractivity contribution in [2.45, 2.75) is 117 Å². The third kappa shape index (κ3) is 16.3. The molecule has 1 fully saturated rings. The molecule has 300 valence electrons. The van der Waals surface area contributed by atoms with Gasteiger partial charge >= 0.3 is 12.1 Å². The van der Waals surface area contributed by atoms with Crippen molar-refractivity contribution in [2.75, 3.05) is 26.2 Å². The fourth-order valence-electron chi connectivity index (χ4n) is 5.90. The van der Waals surface area contributed by atoms with Gasteiger partial charge in [-0.15, -0.1) is 0 Å². The van der Waals surface area contributed by atoms with Gasteiger partial charge in [0.2, 0.25) is 29.4 Å². The van der Waals surface area contributed by atoms with Gasteiger partial charge in [-0.3, -0.25) is 33.6 Å². The van der Waals surface area contributed by atoms with Gasteiger partial charge in [-0.25, -0.2) is 4.79 Å². The van der Waals surface area contributed by atoms with Crippen LogP contribution in [0.1, 0.15) is 105 Å². The third-order valence-corrected chi connectivity index (χ3v) is 8.45. The average Bonchev–Trinajstić information content (AvgIpc) is 3.11. The van der Waals surface area contributed by atoms with Crippen molar-refractivity contribution in [3.05, 3.63) is 35.9 Å². The quantitative estimate of drug-likeness (QED) is 0.0961. The van der Waals surface area contributed by atoms with Crippen molar-refractivity contribution in [1.82, 2.24) is 26.2 Å². The highest BCUT2D eigenvalue weighted by molar-refractivity contribution is 6.38. The lowest BCUT2D eigenvalue weighted by molar-refractivity contribution is -0.156. The molecule has 3 atom stereocenters. The number of Topliss-reactive ketones (excluding diaryl/α,β-unsaturated/α-hetero) is 1. The molecule has 54 heavy (non-hydrogen) atoms. The minimum Gasteiger partial charge on any atom is -0.460 e. The third-order valence-electron chi connectivity index (χ3n) is 8.45. The predicted molar refractivity (Wildman–Crippen MR) is 198 cm³/mol. The maximum atomic E-state index is 14.2. The summed E-state index contributed by atoms with van der Waals surface area (Å²) < 4.78 is 10.7. The number of hydrogen-bond donors (Lipinski definition) is 5. The molecular weight excluding hydrogens is 700 g/mol. The smallest absolute Gasteiger partial charge is 0.407 e. The second kappa shape index (κ2) is 22.3. The van der Waals surface area contributed by atoms with Crippen LogP contribution >= 0.6 is 0 Å². The minimum atomic E-state index is -1.31. The lowest BCUT2D eigenvalue weighted by Gasteiger charge is -2.34. The van der Waals surface area contributed by atoms with Crippen LogP contribution in [-0.2, 0) is 43.0 Å². The van der Waals surface area contributed by atoms with E-state index in [-0.39, 0.29) is 37.8 Å². The summed E-state index contributed by atoms with van der Waals surface area (Å²) in [5.41, 5.74) is 5.07. The van der Waals surface area contributed by atoms with E-state index < -0.39 is 84.2 Å². The first-order valence-corrected chi connectivity index (χ1v) is 18.6. The van der Waals surface area contributed by atoms with Gasteiger partial charge in [-0.2, -0.15) is 0 Å². The number of rotatable bonds is 20. The molecular formula is C38H58N6O10. The molecule has 1 unspecified atom stereocenters. The van der Waals surface area contributed by atoms with Gasteiger partial charge in [0, 0.05) is 6.54 Å². The van der Waals surface area contributed by atoms with Gasteiger partial charge in [0.25, 0.3) is 5.91 Å². The fourth-order valence-corrected chi connectivity index (χ4v) is 5.90. The number of amides is 6. The lowest BCUT2D eigenvalue weighted by atomic mass is 9.83. The van der Waals surface area contributed by atoms with E-state index in [1.165, 1.54) is 0 Å². The summed E-state index contributed by atoms with van der Waals surface area (Å²) in [6, 6.07) is 4.71. The number of carbonyl (C=O) groups is 8. The standard InChI is InChI=1S/C38H58N6O10/c1-7-14-27(33(48)35(50)40-21-28(45)42-31(34(39)49)25-15-10-8-11-16-25)41-29(46)22-44(20-19-30(47)54-38(4,5)6)36(51)32(26-17-12-9-13-18-26)43-37(52)53-23-24(2)3/h8,10-11,15-16,24,26-27,31-32H,7,9,12-14,17-23H2,1-6H3,(H2,39,49)(H,40,50)(H,41,46)(H,42,45)(H,43,52)/t27?,31-,32-/m0/s1. The van der Waals surface area contributed by atoms with E-state index in [1.54, 1.807) is 58.0 Å². The van der Waals surface area contributed by atoms with Gasteiger partial charge in [0.05, 0.1) is 32.2 Å². The van der Waals surface area contributed by atoms with E-state index in [0.29, 0.717) is 24.8 Å². The topological polar surface area (TPSA) is 232 Å². The number of ether oxygens (including phenoxy) is 2. The van der Waals surface area contributed by atoms with Crippen molar-refractivity contribution in [1.29, 1.82) is 0 Å². The number of nitrogens with zero attached hydrogens (tertiary/aromatic N) is 1. The van der Waals surface area contributed by atoms with Gasteiger partial charge in [0.15, 0.2) is 0 Å². The summed E-state index contributed by atoms with van der Waals surface area (Å²) in [5.74, 6) is -5.99. The van der Waals surface area contributed by atoms with Crippen LogP contribution in [0, 0.1) is 11.8 Å². The fraction of sp³-hybridized carbons (Fsp3) is 0.632. The minimum absolute atomic E-state index is 0.0560. The Morgan fingerprint density at radius 1 is 0.907 bits per heavy atom. The zero-order valence-corrected chi connectivity index (χ0v) is 32.4. The molecule has 0 heterocycles. The van der Waals surface area contributed by atoms with Crippen LogP contribution in [0.2, 0.25) is 0 Å². The van der Waals surface area contributed by atoms with Crippen LogP contribution in [0.4, 0.5) is 4.79 Å². The molecule has 0 saturated heterocycles. The van der Waals surface area contributed by atoms with Gasteiger partial charge < -0.3 is 41.4 Å². The van der Waals surface area contributed by atoms with Crippen LogP contribution in [-0.4, -0.2) is 96.2 Å². The van der Waals surface area contributed by atoms with Gasteiger partial charge in [-0.1, -0.05) is 76.8 Å². The van der Waals surface area contributed by atoms with Crippen LogP contribution in [0.15, 0.2) is 30.3 Å². The second-order valence-corrected chi connectivity index (χ2v) is 14.9. The highest BCUT2D eigenvalue weighted by Crippen LogP contribution is 2.28. The number of esters is 1. The summed E-state index contributed by atoms with van der Waals surface area (Å²) >= 11 is 0. The molecule has 0 aliphatic heterocycles. The second-order valence-electron chi connectivity index (χ2n) is 14.9. The Kier molecular flexibility index (Phi) is 18.6. The summed E-state index contributed by atoms with van der Waals surface area (Å²) in [4.78, 5) is 105. The Morgan fingerprint density at radius 2 is 1.56 bits per heavy atom. The van der Waals surface area contributed by atoms with Crippen molar-refractivity contribution in [2.24, 2.45) is 17.6 Å². The maximum Gasteiger partial charge on any atom is 0.407 e. The average molecular weight is 759 g/mol. The lowest BCUT2D eigenvalue weighted by Crippen LogP contribution is -2.56. The number of benzene rings is 1. The molecule has 16 nitrogen and oxygen atoms in total. The van der Waals surface area contributed by atoms with E-state index in [4.69, 9.17) is 15.2 Å². The Labute approximate surface area is 317 Å². The summed E-state index contributed by atoms with van der Waals surface area (Å²) in [7, 11) is 0. The number of primary amides is 1. The largest absolute Gasteiger partial charge is 0.460 e. The first-order valence-electron chi connectivity index (χ1n) is 18.6. The van der Waals surface area contributed by atoms with Crippen LogP contribution in [0.5, 0.6) is 0 Å². The van der Waals surface area contributed by atoms with Crippen molar-refractivity contribution >= 4 is 47.4 Å². The molecule has 0 bridgehead atoms. The van der Waals surface area contributed by atoms with Crippen LogP contribution in [0.25, 0.3) is 0 Å². The zero-order chi connectivity index (χ0) is 40.4. The SMILES string of the molecule is CCCC(NC(=O)CN(CCC(=O)OC(C)(C)C)C(=O)[C@@H](NC(=O)OCC(C)C)C1CCCCC1)C(=O)C(=O)NCC(=O)N[C@H](C(N)=O)c1ccccc1. The van der Waals surface area contributed by atoms with E-state index in [2.05, 4.69) is 21.3 Å².